The molecule has 0 aromatic heterocycles. The number of nitrogens with one attached hydrogen (secondary N) is 2. The molecule has 2 atom stereocenters. The van der Waals surface area contributed by atoms with Gasteiger partial charge >= 0.3 is 18.2 Å². The fraction of sp³-hybridized carbons (Fsp3) is 0.348. The molecule has 3 N–H and O–H groups in total. The van der Waals surface area contributed by atoms with Crippen LogP contribution < -0.4 is 10.6 Å². The Morgan fingerprint density at radius 1 is 1.03 bits per heavy atom. The second kappa shape index (κ2) is 9.72. The summed E-state index contributed by atoms with van der Waals surface area (Å²) >= 11 is 0. The van der Waals surface area contributed by atoms with Crippen molar-refractivity contribution in [3.63, 3.8) is 0 Å². The molecule has 0 aliphatic heterocycles. The first-order valence-corrected chi connectivity index (χ1v) is 10.2. The van der Waals surface area contributed by atoms with E-state index in [0.717, 1.165) is 29.4 Å². The summed E-state index contributed by atoms with van der Waals surface area (Å²) in [4.78, 5) is 36.0. The SMILES string of the molecule is COC[C@H](NC(=O)C(C)(NC(=O)OCC1c2ccccc2-c2ccccc21)C(F)(F)F)C(=O)O. The van der Waals surface area contributed by atoms with Crippen molar-refractivity contribution in [2.45, 2.75) is 30.6 Å². The van der Waals surface area contributed by atoms with E-state index in [2.05, 4.69) is 4.74 Å². The zero-order valence-corrected chi connectivity index (χ0v) is 18.3. The number of carbonyl (C=O) groups excluding carboxylic acids is 2. The second-order valence-corrected chi connectivity index (χ2v) is 7.89. The normalized spacial score (nSPS) is 15.4. The number of amides is 2. The Bertz CT molecular complexity index is 1040. The number of ether oxygens (including phenoxy) is 2. The van der Waals surface area contributed by atoms with Gasteiger partial charge < -0.3 is 19.9 Å². The summed E-state index contributed by atoms with van der Waals surface area (Å²) in [6.07, 6.45) is -6.73. The number of aliphatic carboxylic acids is 1. The largest absolute Gasteiger partial charge is 0.480 e. The van der Waals surface area contributed by atoms with Crippen LogP contribution in [0.3, 0.4) is 0 Å². The Kier molecular flexibility index (Phi) is 7.15. The smallest absolute Gasteiger partial charge is 0.420 e. The van der Waals surface area contributed by atoms with Crippen molar-refractivity contribution in [1.29, 1.82) is 0 Å². The molecular formula is C23H23F3N2O6. The van der Waals surface area contributed by atoms with E-state index in [1.54, 1.807) is 10.6 Å². The quantitative estimate of drug-likeness (QED) is 0.535. The van der Waals surface area contributed by atoms with E-state index < -0.39 is 48.3 Å². The van der Waals surface area contributed by atoms with Crippen LogP contribution in [0.5, 0.6) is 0 Å². The predicted octanol–water partition coefficient (Wildman–Crippen LogP) is 3.06. The van der Waals surface area contributed by atoms with Gasteiger partial charge in [0.2, 0.25) is 5.54 Å². The average molecular weight is 480 g/mol. The van der Waals surface area contributed by atoms with E-state index >= 15 is 0 Å². The highest BCUT2D eigenvalue weighted by atomic mass is 19.4. The highest BCUT2D eigenvalue weighted by Gasteiger charge is 2.59. The van der Waals surface area contributed by atoms with Crippen LogP contribution in [0.1, 0.15) is 24.0 Å². The van der Waals surface area contributed by atoms with Gasteiger partial charge in [0.1, 0.15) is 6.61 Å². The first kappa shape index (κ1) is 25.0. The molecule has 0 spiro atoms. The topological polar surface area (TPSA) is 114 Å². The number of alkyl halides is 3. The number of carboxylic acids is 1. The fourth-order valence-electron chi connectivity index (χ4n) is 3.74. The molecule has 0 saturated heterocycles. The van der Waals surface area contributed by atoms with Crippen LogP contribution in [0.4, 0.5) is 18.0 Å². The molecule has 182 valence electrons. The van der Waals surface area contributed by atoms with E-state index in [1.165, 1.54) is 0 Å². The minimum atomic E-state index is -5.25. The number of methoxy groups -OCH3 is 1. The molecule has 0 bridgehead atoms. The van der Waals surface area contributed by atoms with Crippen molar-refractivity contribution in [3.8, 4) is 11.1 Å². The Hall–Kier alpha value is -3.60. The highest BCUT2D eigenvalue weighted by molar-refractivity contribution is 5.93. The van der Waals surface area contributed by atoms with Crippen LogP contribution in [0.25, 0.3) is 11.1 Å². The first-order valence-electron chi connectivity index (χ1n) is 10.2. The average Bonchev–Trinajstić information content (AvgIpc) is 3.10. The predicted molar refractivity (Wildman–Crippen MR) is 114 cm³/mol. The van der Waals surface area contributed by atoms with Crippen molar-refractivity contribution in [2.24, 2.45) is 0 Å². The number of fused-ring (bicyclic) bond motifs is 3. The summed E-state index contributed by atoms with van der Waals surface area (Å²) in [5, 5.41) is 12.4. The molecular weight excluding hydrogens is 457 g/mol. The van der Waals surface area contributed by atoms with Crippen molar-refractivity contribution in [3.05, 3.63) is 59.7 Å². The number of alkyl carbamates (subject to hydrolysis) is 1. The minimum absolute atomic E-state index is 0.267. The van der Waals surface area contributed by atoms with Crippen LogP contribution in [-0.4, -0.2) is 61.2 Å². The van der Waals surface area contributed by atoms with Crippen molar-refractivity contribution in [2.75, 3.05) is 20.3 Å². The summed E-state index contributed by atoms with van der Waals surface area (Å²) in [5.74, 6) is -3.76. The maximum Gasteiger partial charge on any atom is 0.420 e. The third kappa shape index (κ3) is 4.84. The summed E-state index contributed by atoms with van der Waals surface area (Å²) in [5.41, 5.74) is 0.138. The molecule has 0 heterocycles. The molecule has 1 aliphatic carbocycles. The first-order chi connectivity index (χ1) is 16.0. The molecule has 11 heteroatoms. The molecule has 2 amide bonds. The number of halogens is 3. The van der Waals surface area contributed by atoms with Crippen molar-refractivity contribution >= 4 is 18.0 Å². The molecule has 0 fully saturated rings. The van der Waals surface area contributed by atoms with Gasteiger partial charge in [-0.3, -0.25) is 10.1 Å². The van der Waals surface area contributed by atoms with Crippen molar-refractivity contribution in [1.82, 2.24) is 10.6 Å². The van der Waals surface area contributed by atoms with Gasteiger partial charge in [-0.1, -0.05) is 48.5 Å². The molecule has 2 aromatic carbocycles. The Labute approximate surface area is 193 Å². The van der Waals surface area contributed by atoms with E-state index in [-0.39, 0.29) is 6.61 Å². The molecule has 1 unspecified atom stereocenters. The zero-order valence-electron chi connectivity index (χ0n) is 18.3. The molecule has 2 aromatic rings. The van der Waals surface area contributed by atoms with Crippen molar-refractivity contribution < 1.29 is 42.1 Å². The number of benzene rings is 2. The molecule has 3 rings (SSSR count). The van der Waals surface area contributed by atoms with E-state index in [9.17, 15) is 27.6 Å². The van der Waals surface area contributed by atoms with Gasteiger partial charge in [-0.2, -0.15) is 13.2 Å². The fourth-order valence-corrected chi connectivity index (χ4v) is 3.74. The number of rotatable bonds is 8. The van der Waals surface area contributed by atoms with Gasteiger partial charge in [-0.05, 0) is 29.2 Å². The molecule has 0 radical (unpaired) electrons. The zero-order chi connectivity index (χ0) is 25.1. The minimum Gasteiger partial charge on any atom is -0.480 e. The number of carbonyl (C=O) groups is 3. The second-order valence-electron chi connectivity index (χ2n) is 7.89. The van der Waals surface area contributed by atoms with Gasteiger partial charge in [0.15, 0.2) is 6.04 Å². The van der Waals surface area contributed by atoms with E-state index in [0.29, 0.717) is 6.92 Å². The number of hydrogen-bond donors (Lipinski definition) is 3. The van der Waals surface area contributed by atoms with Gasteiger partial charge in [-0.25, -0.2) is 9.59 Å². The van der Waals surface area contributed by atoms with Crippen LogP contribution >= 0.6 is 0 Å². The molecule has 8 nitrogen and oxygen atoms in total. The van der Waals surface area contributed by atoms with Gasteiger partial charge in [0.25, 0.3) is 5.91 Å². The van der Waals surface area contributed by atoms with Gasteiger partial charge in [0, 0.05) is 13.0 Å². The lowest BCUT2D eigenvalue weighted by atomic mass is 9.98. The Morgan fingerprint density at radius 3 is 2.03 bits per heavy atom. The summed E-state index contributed by atoms with van der Waals surface area (Å²) in [7, 11) is 1.12. The van der Waals surface area contributed by atoms with Crippen LogP contribution in [-0.2, 0) is 19.1 Å². The van der Waals surface area contributed by atoms with Gasteiger partial charge in [0.05, 0.1) is 6.61 Å². The van der Waals surface area contributed by atoms with Crippen LogP contribution in [0.15, 0.2) is 48.5 Å². The van der Waals surface area contributed by atoms with Crippen LogP contribution in [0, 0.1) is 0 Å². The monoisotopic (exact) mass is 480 g/mol. The third-order valence-corrected chi connectivity index (χ3v) is 5.65. The van der Waals surface area contributed by atoms with Crippen LogP contribution in [0.2, 0.25) is 0 Å². The third-order valence-electron chi connectivity index (χ3n) is 5.65. The lowest BCUT2D eigenvalue weighted by Crippen LogP contribution is -2.67. The maximum atomic E-state index is 13.8. The highest BCUT2D eigenvalue weighted by Crippen LogP contribution is 2.44. The Morgan fingerprint density at radius 2 is 1.56 bits per heavy atom. The lowest BCUT2D eigenvalue weighted by molar-refractivity contribution is -0.195. The molecule has 1 aliphatic rings. The number of hydrogen-bond acceptors (Lipinski definition) is 5. The maximum absolute atomic E-state index is 13.8. The summed E-state index contributed by atoms with van der Waals surface area (Å²) in [6, 6.07) is 13.1. The number of carboxylic acid groups (broad SMARTS) is 1. The standard InChI is InChI=1S/C23H23F3N2O6/c1-22(23(24,25)26,20(31)27-18(12-33-2)19(29)30)28-21(32)34-11-17-15-9-5-3-7-13(15)14-8-4-6-10-16(14)17/h3-10,17-18H,11-12H2,1-2H3,(H,27,31)(H,28,32)(H,29,30)/t18-,22?/m0/s1. The summed E-state index contributed by atoms with van der Waals surface area (Å²) in [6.45, 7) is -0.410. The van der Waals surface area contributed by atoms with E-state index in [1.807, 2.05) is 48.5 Å². The molecule has 0 saturated carbocycles. The van der Waals surface area contributed by atoms with E-state index in [4.69, 9.17) is 9.84 Å². The summed E-state index contributed by atoms with van der Waals surface area (Å²) < 4.78 is 51.1. The van der Waals surface area contributed by atoms with Gasteiger partial charge in [-0.15, -0.1) is 0 Å². The lowest BCUT2D eigenvalue weighted by Gasteiger charge is -2.32. The Balaban J connectivity index is 1.75. The molecule has 34 heavy (non-hydrogen) atoms.